The zero-order chi connectivity index (χ0) is 35.6. The number of nitrogens with zero attached hydrogens (tertiary/aromatic N) is 3. The van der Waals surface area contributed by atoms with E-state index in [9.17, 15) is 0 Å². The first-order chi connectivity index (χ1) is 26.8. The topological polar surface area (TPSA) is 47.9 Å². The predicted octanol–water partition coefficient (Wildman–Crippen LogP) is 12.2. The minimum Gasteiger partial charge on any atom is -0.457 e. The van der Waals surface area contributed by atoms with Crippen LogP contribution in [0.15, 0.2) is 188 Å². The quantitative estimate of drug-likeness (QED) is 0.185. The van der Waals surface area contributed by atoms with Gasteiger partial charge in [-0.05, 0) is 62.4 Å². The molecular formula is C50H31N3O. The van der Waals surface area contributed by atoms with Crippen molar-refractivity contribution in [2.45, 2.75) is 5.41 Å². The lowest BCUT2D eigenvalue weighted by Gasteiger charge is -2.39. The van der Waals surface area contributed by atoms with E-state index < -0.39 is 5.41 Å². The zero-order valence-electron chi connectivity index (χ0n) is 29.1. The van der Waals surface area contributed by atoms with Crippen LogP contribution in [0.5, 0.6) is 11.5 Å². The second kappa shape index (κ2) is 11.9. The van der Waals surface area contributed by atoms with Gasteiger partial charge in [-0.2, -0.15) is 0 Å². The Kier molecular flexibility index (Phi) is 6.73. The Morgan fingerprint density at radius 2 is 0.870 bits per heavy atom. The summed E-state index contributed by atoms with van der Waals surface area (Å²) in [7, 11) is 0. The summed E-state index contributed by atoms with van der Waals surface area (Å²) in [5, 5.41) is 2.25. The van der Waals surface area contributed by atoms with Crippen molar-refractivity contribution in [3.63, 3.8) is 0 Å². The monoisotopic (exact) mass is 689 g/mol. The maximum Gasteiger partial charge on any atom is 0.164 e. The van der Waals surface area contributed by atoms with E-state index in [0.717, 1.165) is 61.2 Å². The lowest BCUT2D eigenvalue weighted by atomic mass is 9.66. The Bertz CT molecular complexity index is 2880. The lowest BCUT2D eigenvalue weighted by molar-refractivity contribution is 0.436. The summed E-state index contributed by atoms with van der Waals surface area (Å²) in [6.45, 7) is 0. The number of hydrogen-bond donors (Lipinski definition) is 0. The minimum atomic E-state index is -0.492. The van der Waals surface area contributed by atoms with Gasteiger partial charge in [0.2, 0.25) is 0 Å². The van der Waals surface area contributed by atoms with Crippen LogP contribution in [0.25, 0.3) is 67.2 Å². The molecule has 0 N–H and O–H groups in total. The Hall–Kier alpha value is -7.17. The standard InChI is InChI=1S/C50H31N3O/c1-2-15-33(16-3-1)47-51-48(53-49(52-47)40-23-13-17-32-14-4-5-20-37(32)40)36-19-12-18-34(30-36)35-28-29-44-46(31-35)54-45-27-11-10-26-43(45)50(44)41-24-8-6-21-38(41)39-22-7-9-25-42(39)50/h1-31H. The maximum atomic E-state index is 6.80. The molecule has 0 atom stereocenters. The summed E-state index contributed by atoms with van der Waals surface area (Å²) >= 11 is 0. The number of rotatable bonds is 4. The average molecular weight is 690 g/mol. The van der Waals surface area contributed by atoms with Gasteiger partial charge in [0, 0.05) is 27.8 Å². The number of aromatic nitrogens is 3. The number of ether oxygens (including phenoxy) is 1. The third-order valence-corrected chi connectivity index (χ3v) is 11.0. The molecule has 0 bridgehead atoms. The molecule has 0 fully saturated rings. The largest absolute Gasteiger partial charge is 0.457 e. The van der Waals surface area contributed by atoms with E-state index >= 15 is 0 Å². The van der Waals surface area contributed by atoms with Gasteiger partial charge in [-0.25, -0.2) is 15.0 Å². The summed E-state index contributed by atoms with van der Waals surface area (Å²) in [6, 6.07) is 66.0. The third-order valence-electron chi connectivity index (χ3n) is 11.0. The molecule has 1 aromatic heterocycles. The van der Waals surface area contributed by atoms with Crippen molar-refractivity contribution in [3.05, 3.63) is 210 Å². The third kappa shape index (κ3) is 4.53. The van der Waals surface area contributed by atoms with Crippen LogP contribution in [0.3, 0.4) is 0 Å². The Labute approximate surface area is 313 Å². The summed E-state index contributed by atoms with van der Waals surface area (Å²) in [5.74, 6) is 3.63. The van der Waals surface area contributed by atoms with E-state index in [0.29, 0.717) is 17.5 Å². The van der Waals surface area contributed by atoms with Crippen LogP contribution in [0.2, 0.25) is 0 Å². The van der Waals surface area contributed by atoms with Crippen molar-refractivity contribution in [3.8, 4) is 67.9 Å². The molecule has 4 nitrogen and oxygen atoms in total. The Balaban J connectivity index is 1.07. The SMILES string of the molecule is c1ccc(-c2nc(-c3cccc(-c4ccc5c(c4)Oc4ccccc4C54c5ccccc5-c5ccccc54)c3)nc(-c3cccc4ccccc34)n2)cc1. The fourth-order valence-corrected chi connectivity index (χ4v) is 8.64. The molecule has 0 unspecified atom stereocenters. The van der Waals surface area contributed by atoms with Crippen molar-refractivity contribution >= 4 is 10.8 Å². The predicted molar refractivity (Wildman–Crippen MR) is 216 cm³/mol. The fraction of sp³-hybridized carbons (Fsp3) is 0.0200. The van der Waals surface area contributed by atoms with Gasteiger partial charge in [0.05, 0.1) is 5.41 Å². The second-order valence-corrected chi connectivity index (χ2v) is 13.9. The first-order valence-corrected chi connectivity index (χ1v) is 18.3. The highest BCUT2D eigenvalue weighted by atomic mass is 16.5. The van der Waals surface area contributed by atoms with E-state index in [1.807, 2.05) is 30.3 Å². The van der Waals surface area contributed by atoms with Gasteiger partial charge in [-0.3, -0.25) is 0 Å². The summed E-state index contributed by atoms with van der Waals surface area (Å²) in [6.07, 6.45) is 0. The Morgan fingerprint density at radius 1 is 0.333 bits per heavy atom. The van der Waals surface area contributed by atoms with Crippen LogP contribution < -0.4 is 4.74 Å². The van der Waals surface area contributed by atoms with Gasteiger partial charge in [-0.1, -0.05) is 170 Å². The lowest BCUT2D eigenvalue weighted by Crippen LogP contribution is -2.32. The molecule has 1 aliphatic heterocycles. The summed E-state index contributed by atoms with van der Waals surface area (Å²) in [4.78, 5) is 15.2. The van der Waals surface area contributed by atoms with Crippen LogP contribution in [0.1, 0.15) is 22.3 Å². The highest BCUT2D eigenvalue weighted by molar-refractivity contribution is 5.95. The van der Waals surface area contributed by atoms with Crippen LogP contribution >= 0.6 is 0 Å². The molecule has 1 spiro atoms. The van der Waals surface area contributed by atoms with Crippen LogP contribution in [-0.2, 0) is 5.41 Å². The molecule has 0 saturated heterocycles. The molecule has 0 amide bonds. The molecule has 0 radical (unpaired) electrons. The van der Waals surface area contributed by atoms with Crippen LogP contribution in [0, 0.1) is 0 Å². The molecule has 2 heterocycles. The van der Waals surface area contributed by atoms with Gasteiger partial charge < -0.3 is 4.74 Å². The molecule has 0 saturated carbocycles. The molecule has 54 heavy (non-hydrogen) atoms. The molecule has 2 aliphatic rings. The molecule has 1 aliphatic carbocycles. The number of para-hydroxylation sites is 1. The zero-order valence-corrected chi connectivity index (χ0v) is 29.1. The van der Waals surface area contributed by atoms with E-state index in [1.54, 1.807) is 0 Å². The molecule has 11 rings (SSSR count). The number of hydrogen-bond acceptors (Lipinski definition) is 4. The van der Waals surface area contributed by atoms with Gasteiger partial charge in [0.15, 0.2) is 17.5 Å². The van der Waals surface area contributed by atoms with Crippen molar-refractivity contribution in [2.75, 3.05) is 0 Å². The van der Waals surface area contributed by atoms with Crippen molar-refractivity contribution in [2.24, 2.45) is 0 Å². The van der Waals surface area contributed by atoms with Crippen molar-refractivity contribution < 1.29 is 4.74 Å². The van der Waals surface area contributed by atoms with Crippen LogP contribution in [0.4, 0.5) is 0 Å². The first kappa shape index (κ1) is 30.5. The van der Waals surface area contributed by atoms with Gasteiger partial charge >= 0.3 is 0 Å². The summed E-state index contributed by atoms with van der Waals surface area (Å²) < 4.78 is 6.80. The number of fused-ring (bicyclic) bond motifs is 10. The van der Waals surface area contributed by atoms with E-state index in [2.05, 4.69) is 158 Å². The normalized spacial score (nSPS) is 13.1. The fourth-order valence-electron chi connectivity index (χ4n) is 8.64. The first-order valence-electron chi connectivity index (χ1n) is 18.3. The summed E-state index contributed by atoms with van der Waals surface area (Å²) in [5.41, 5.74) is 11.8. The molecular weight excluding hydrogens is 659 g/mol. The molecule has 9 aromatic rings. The van der Waals surface area contributed by atoms with Gasteiger partial charge in [-0.15, -0.1) is 0 Å². The molecule has 8 aromatic carbocycles. The van der Waals surface area contributed by atoms with E-state index in [1.165, 1.54) is 22.3 Å². The van der Waals surface area contributed by atoms with Crippen molar-refractivity contribution in [1.82, 2.24) is 15.0 Å². The Morgan fingerprint density at radius 3 is 1.69 bits per heavy atom. The maximum absolute atomic E-state index is 6.80. The highest BCUT2D eigenvalue weighted by Crippen LogP contribution is 2.62. The van der Waals surface area contributed by atoms with E-state index in [4.69, 9.17) is 19.7 Å². The second-order valence-electron chi connectivity index (χ2n) is 13.9. The van der Waals surface area contributed by atoms with Gasteiger partial charge in [0.25, 0.3) is 0 Å². The van der Waals surface area contributed by atoms with Gasteiger partial charge in [0.1, 0.15) is 11.5 Å². The minimum absolute atomic E-state index is 0.492. The average Bonchev–Trinajstić information content (AvgIpc) is 3.54. The van der Waals surface area contributed by atoms with Crippen molar-refractivity contribution in [1.29, 1.82) is 0 Å². The number of benzene rings is 8. The molecule has 4 heteroatoms. The molecule has 252 valence electrons. The highest BCUT2D eigenvalue weighted by Gasteiger charge is 2.50. The van der Waals surface area contributed by atoms with Crippen LogP contribution in [-0.4, -0.2) is 15.0 Å². The van der Waals surface area contributed by atoms with E-state index in [-0.39, 0.29) is 0 Å². The smallest absolute Gasteiger partial charge is 0.164 e.